The summed E-state index contributed by atoms with van der Waals surface area (Å²) in [5, 5.41) is 0. The SMILES string of the molecule is CC/C=C\C/C=C\C/C=C\C/C=C\C/C=C\CCCCCC(=O)OC(COC(=O)CCCCCCCCCCCCCCCC/C=C\C/C=C\C/C=C\C/C=C\CC)COC(=O)CCCCCCCCCCCCCCCCCCC. The lowest BCUT2D eigenvalue weighted by Crippen LogP contribution is -2.30. The summed E-state index contributed by atoms with van der Waals surface area (Å²) in [7, 11) is 0. The standard InChI is InChI=1S/C75H128O6/c1-4-7-10-13-16-19-22-25-28-31-33-34-35-36-37-38-39-40-42-44-47-50-53-56-59-62-65-68-74(77)80-71-72(70-79-73(76)67-64-61-58-55-52-49-46-43-30-27-24-21-18-15-12-9-6-3)81-75(78)69-66-63-60-57-54-51-48-45-41-32-29-26-23-20-17-14-11-8-5-2/h7-8,10-11,16-17,19-20,25-26,28-29,33-34,41,45,51,54,72H,4-6,9,12-15,18,21-24,27,30-32,35-40,42-44,46-50,52-53,55-71H2,1-3H3/b10-7-,11-8-,19-16-,20-17-,28-25-,29-26-,34-33-,45-41-,54-51-. The Balaban J connectivity index is 4.36. The zero-order chi connectivity index (χ0) is 58.5. The minimum absolute atomic E-state index is 0.0886. The number of unbranched alkanes of at least 4 members (excludes halogenated alkanes) is 33. The summed E-state index contributed by atoms with van der Waals surface area (Å²) >= 11 is 0. The molecule has 0 heterocycles. The van der Waals surface area contributed by atoms with E-state index < -0.39 is 6.10 Å². The summed E-state index contributed by atoms with van der Waals surface area (Å²) in [5.41, 5.74) is 0. The van der Waals surface area contributed by atoms with Crippen LogP contribution >= 0.6 is 0 Å². The average Bonchev–Trinajstić information content (AvgIpc) is 3.47. The zero-order valence-electron chi connectivity index (χ0n) is 53.3. The largest absolute Gasteiger partial charge is 0.462 e. The van der Waals surface area contributed by atoms with E-state index in [-0.39, 0.29) is 37.5 Å². The molecule has 0 saturated heterocycles. The Hall–Kier alpha value is -3.93. The van der Waals surface area contributed by atoms with E-state index in [1.54, 1.807) is 0 Å². The number of rotatable bonds is 62. The molecule has 81 heavy (non-hydrogen) atoms. The van der Waals surface area contributed by atoms with Crippen molar-refractivity contribution in [3.63, 3.8) is 0 Å². The maximum Gasteiger partial charge on any atom is 0.306 e. The van der Waals surface area contributed by atoms with Crippen molar-refractivity contribution in [2.45, 2.75) is 335 Å². The number of carbonyl (C=O) groups excluding carboxylic acids is 3. The van der Waals surface area contributed by atoms with Crippen LogP contribution in [0.25, 0.3) is 0 Å². The minimum Gasteiger partial charge on any atom is -0.462 e. The van der Waals surface area contributed by atoms with Gasteiger partial charge in [-0.15, -0.1) is 0 Å². The third-order valence-corrected chi connectivity index (χ3v) is 14.8. The van der Waals surface area contributed by atoms with Crippen molar-refractivity contribution in [3.8, 4) is 0 Å². The van der Waals surface area contributed by atoms with Gasteiger partial charge in [0.25, 0.3) is 0 Å². The van der Waals surface area contributed by atoms with Crippen LogP contribution in [-0.2, 0) is 28.6 Å². The number of ether oxygens (including phenoxy) is 3. The second-order valence-electron chi connectivity index (χ2n) is 22.7. The van der Waals surface area contributed by atoms with Crippen LogP contribution in [0.1, 0.15) is 329 Å². The second-order valence-corrected chi connectivity index (χ2v) is 22.7. The van der Waals surface area contributed by atoms with Gasteiger partial charge in [0, 0.05) is 19.3 Å². The van der Waals surface area contributed by atoms with Crippen molar-refractivity contribution in [2.24, 2.45) is 0 Å². The Morgan fingerprint density at radius 2 is 0.481 bits per heavy atom. The van der Waals surface area contributed by atoms with Gasteiger partial charge in [0.15, 0.2) is 6.10 Å². The molecule has 6 nitrogen and oxygen atoms in total. The molecular formula is C75H128O6. The van der Waals surface area contributed by atoms with Crippen molar-refractivity contribution >= 4 is 17.9 Å². The smallest absolute Gasteiger partial charge is 0.306 e. The summed E-state index contributed by atoms with van der Waals surface area (Å²) in [4.78, 5) is 38.4. The van der Waals surface area contributed by atoms with Gasteiger partial charge in [-0.05, 0) is 103 Å². The molecule has 0 amide bonds. The molecule has 464 valence electrons. The first-order valence-corrected chi connectivity index (χ1v) is 34.4. The average molecular weight is 1130 g/mol. The van der Waals surface area contributed by atoms with E-state index in [2.05, 4.69) is 130 Å². The lowest BCUT2D eigenvalue weighted by atomic mass is 10.0. The maximum absolute atomic E-state index is 12.9. The normalized spacial score (nSPS) is 12.8. The van der Waals surface area contributed by atoms with E-state index in [1.165, 1.54) is 167 Å². The fourth-order valence-electron chi connectivity index (χ4n) is 9.70. The summed E-state index contributed by atoms with van der Waals surface area (Å²) in [6, 6.07) is 0. The predicted molar refractivity (Wildman–Crippen MR) is 353 cm³/mol. The molecule has 0 spiro atoms. The predicted octanol–water partition coefficient (Wildman–Crippen LogP) is 23.8. The van der Waals surface area contributed by atoms with E-state index in [9.17, 15) is 14.4 Å². The molecule has 1 unspecified atom stereocenters. The van der Waals surface area contributed by atoms with Gasteiger partial charge in [-0.3, -0.25) is 14.4 Å². The van der Waals surface area contributed by atoms with Crippen LogP contribution in [0.5, 0.6) is 0 Å². The molecule has 0 aromatic carbocycles. The minimum atomic E-state index is -0.797. The van der Waals surface area contributed by atoms with E-state index in [4.69, 9.17) is 14.2 Å². The molecule has 0 bridgehead atoms. The molecule has 1 atom stereocenters. The molecule has 6 heteroatoms. The van der Waals surface area contributed by atoms with E-state index in [0.29, 0.717) is 12.8 Å². The van der Waals surface area contributed by atoms with Crippen LogP contribution in [0.4, 0.5) is 0 Å². The highest BCUT2D eigenvalue weighted by Gasteiger charge is 2.19. The first-order chi connectivity index (χ1) is 40.0. The van der Waals surface area contributed by atoms with Crippen molar-refractivity contribution in [1.29, 1.82) is 0 Å². The van der Waals surface area contributed by atoms with Gasteiger partial charge in [0.05, 0.1) is 0 Å². The lowest BCUT2D eigenvalue weighted by molar-refractivity contribution is -0.167. The molecule has 0 N–H and O–H groups in total. The van der Waals surface area contributed by atoms with Crippen LogP contribution in [0.2, 0.25) is 0 Å². The van der Waals surface area contributed by atoms with Crippen molar-refractivity contribution in [2.75, 3.05) is 13.2 Å². The lowest BCUT2D eigenvalue weighted by Gasteiger charge is -2.18. The van der Waals surface area contributed by atoms with Crippen LogP contribution < -0.4 is 0 Å². The van der Waals surface area contributed by atoms with Crippen molar-refractivity contribution < 1.29 is 28.6 Å². The highest BCUT2D eigenvalue weighted by atomic mass is 16.6. The number of hydrogen-bond donors (Lipinski definition) is 0. The van der Waals surface area contributed by atoms with Gasteiger partial charge in [0.1, 0.15) is 13.2 Å². The molecule has 0 aliphatic heterocycles. The quantitative estimate of drug-likeness (QED) is 0.0261. The zero-order valence-corrected chi connectivity index (χ0v) is 53.3. The number of esters is 3. The third kappa shape index (κ3) is 66.8. The first-order valence-electron chi connectivity index (χ1n) is 34.4. The van der Waals surface area contributed by atoms with Crippen LogP contribution in [-0.4, -0.2) is 37.2 Å². The van der Waals surface area contributed by atoms with E-state index in [0.717, 1.165) is 122 Å². The molecule has 0 aromatic rings. The molecule has 0 aliphatic carbocycles. The fourth-order valence-corrected chi connectivity index (χ4v) is 9.70. The number of hydrogen-bond acceptors (Lipinski definition) is 6. The number of allylic oxidation sites excluding steroid dienone is 18. The Labute approximate surface area is 501 Å². The highest BCUT2D eigenvalue weighted by molar-refractivity contribution is 5.71. The summed E-state index contributed by atoms with van der Waals surface area (Å²) in [6.45, 7) is 6.43. The van der Waals surface area contributed by atoms with Crippen LogP contribution in [0.3, 0.4) is 0 Å². The van der Waals surface area contributed by atoms with Gasteiger partial charge in [-0.2, -0.15) is 0 Å². The van der Waals surface area contributed by atoms with Gasteiger partial charge in [-0.1, -0.05) is 316 Å². The topological polar surface area (TPSA) is 78.9 Å². The van der Waals surface area contributed by atoms with Gasteiger partial charge in [0.2, 0.25) is 0 Å². The van der Waals surface area contributed by atoms with Crippen LogP contribution in [0, 0.1) is 0 Å². The molecule has 0 radical (unpaired) electrons. The molecule has 0 aliphatic rings. The monoisotopic (exact) mass is 1120 g/mol. The molecule has 0 aromatic heterocycles. The van der Waals surface area contributed by atoms with Gasteiger partial charge < -0.3 is 14.2 Å². The van der Waals surface area contributed by atoms with Crippen molar-refractivity contribution in [3.05, 3.63) is 109 Å². The van der Waals surface area contributed by atoms with Gasteiger partial charge >= 0.3 is 17.9 Å². The fraction of sp³-hybridized carbons (Fsp3) is 0.720. The molecule has 0 saturated carbocycles. The number of carbonyl (C=O) groups is 3. The summed E-state index contributed by atoms with van der Waals surface area (Å²) < 4.78 is 17.0. The van der Waals surface area contributed by atoms with Gasteiger partial charge in [-0.25, -0.2) is 0 Å². The summed E-state index contributed by atoms with van der Waals surface area (Å²) in [5.74, 6) is -0.907. The molecule has 0 rings (SSSR count). The molecule has 0 fully saturated rings. The Bertz CT molecular complexity index is 1620. The Morgan fingerprint density at radius 3 is 0.765 bits per heavy atom. The van der Waals surface area contributed by atoms with Crippen molar-refractivity contribution in [1.82, 2.24) is 0 Å². The van der Waals surface area contributed by atoms with E-state index in [1.807, 2.05) is 0 Å². The molecular weight excluding hydrogens is 997 g/mol. The maximum atomic E-state index is 12.9. The second kappa shape index (κ2) is 68.6. The first kappa shape index (κ1) is 77.1. The Kier molecular flexibility index (Phi) is 65.2. The van der Waals surface area contributed by atoms with E-state index >= 15 is 0 Å². The Morgan fingerprint density at radius 1 is 0.259 bits per heavy atom. The highest BCUT2D eigenvalue weighted by Crippen LogP contribution is 2.17. The van der Waals surface area contributed by atoms with Crippen LogP contribution in [0.15, 0.2) is 109 Å². The summed E-state index contributed by atoms with van der Waals surface area (Å²) in [6.07, 6.45) is 93.9. The third-order valence-electron chi connectivity index (χ3n) is 14.8.